The second kappa shape index (κ2) is 7.87. The number of carbonyl (C=O) groups excluding carboxylic acids is 1. The number of carbonyl (C=O) groups is 1. The van der Waals surface area contributed by atoms with Gasteiger partial charge in [-0.15, -0.1) is 11.3 Å². The summed E-state index contributed by atoms with van der Waals surface area (Å²) in [4.78, 5) is 30.0. The molecule has 0 fully saturated rings. The highest BCUT2D eigenvalue weighted by Crippen LogP contribution is 2.33. The molecule has 0 radical (unpaired) electrons. The average molecular weight is 396 g/mol. The molecule has 1 aliphatic rings. The number of primary amides is 1. The maximum atomic E-state index is 13.3. The van der Waals surface area contributed by atoms with Crippen LogP contribution in [0.25, 0.3) is 21.3 Å². The predicted molar refractivity (Wildman–Crippen MR) is 114 cm³/mol. The van der Waals surface area contributed by atoms with Crippen LogP contribution in [0.15, 0.2) is 28.4 Å². The van der Waals surface area contributed by atoms with E-state index >= 15 is 0 Å². The van der Waals surface area contributed by atoms with Gasteiger partial charge >= 0.3 is 0 Å². The van der Waals surface area contributed by atoms with Gasteiger partial charge in [0.15, 0.2) is 0 Å². The van der Waals surface area contributed by atoms with Crippen LogP contribution >= 0.6 is 11.3 Å². The first kappa shape index (κ1) is 18.9. The first-order valence-electron chi connectivity index (χ1n) is 10.00. The molecule has 1 amide bonds. The van der Waals surface area contributed by atoms with Crippen LogP contribution in [0, 0.1) is 0 Å². The van der Waals surface area contributed by atoms with Crippen LogP contribution in [0.3, 0.4) is 0 Å². The van der Waals surface area contributed by atoms with Crippen molar-refractivity contribution in [2.75, 3.05) is 0 Å². The fraction of sp³-hybridized carbons (Fsp3) is 0.409. The summed E-state index contributed by atoms with van der Waals surface area (Å²) in [5.41, 5.74) is 10.1. The normalized spacial score (nSPS) is 13.6. The number of thiophene rings is 1. The fourth-order valence-corrected chi connectivity index (χ4v) is 5.05. The maximum absolute atomic E-state index is 13.3. The topological polar surface area (TPSA) is 78.0 Å². The molecule has 4 rings (SSSR count). The Morgan fingerprint density at radius 3 is 2.79 bits per heavy atom. The number of hydrogen-bond acceptors (Lipinski definition) is 4. The van der Waals surface area contributed by atoms with Gasteiger partial charge < -0.3 is 5.73 Å². The molecule has 2 N–H and O–H groups in total. The molecule has 0 saturated carbocycles. The van der Waals surface area contributed by atoms with E-state index in [9.17, 15) is 9.59 Å². The molecule has 2 heterocycles. The van der Waals surface area contributed by atoms with Gasteiger partial charge in [-0.05, 0) is 48.8 Å². The molecule has 1 aliphatic carbocycles. The molecular weight excluding hydrogens is 370 g/mol. The summed E-state index contributed by atoms with van der Waals surface area (Å²) in [5, 5.41) is 2.74. The van der Waals surface area contributed by atoms with E-state index in [2.05, 4.69) is 23.6 Å². The molecule has 2 aromatic heterocycles. The third-order valence-corrected chi connectivity index (χ3v) is 6.43. The molecule has 0 spiro atoms. The van der Waals surface area contributed by atoms with E-state index in [-0.39, 0.29) is 17.9 Å². The second-order valence-corrected chi connectivity index (χ2v) is 8.29. The van der Waals surface area contributed by atoms with Crippen molar-refractivity contribution in [3.63, 3.8) is 0 Å². The smallest absolute Gasteiger partial charge is 0.262 e. The van der Waals surface area contributed by atoms with Crippen molar-refractivity contribution in [3.05, 3.63) is 50.9 Å². The highest BCUT2D eigenvalue weighted by atomic mass is 32.1. The third kappa shape index (κ3) is 3.49. The SMILES string of the molecule is CCc1nc2scc(-c3ccc4c(c3)CCCC4)c2c(=O)n1CCCC(N)=O. The highest BCUT2D eigenvalue weighted by molar-refractivity contribution is 7.17. The third-order valence-electron chi connectivity index (χ3n) is 5.55. The highest BCUT2D eigenvalue weighted by Gasteiger charge is 2.18. The monoisotopic (exact) mass is 395 g/mol. The zero-order valence-electron chi connectivity index (χ0n) is 16.2. The summed E-state index contributed by atoms with van der Waals surface area (Å²) < 4.78 is 1.72. The molecule has 3 aromatic rings. The van der Waals surface area contributed by atoms with Crippen LogP contribution in [0.4, 0.5) is 0 Å². The van der Waals surface area contributed by atoms with E-state index in [1.165, 1.54) is 35.3 Å². The molecule has 28 heavy (non-hydrogen) atoms. The summed E-state index contributed by atoms with van der Waals surface area (Å²) in [6, 6.07) is 6.60. The summed E-state index contributed by atoms with van der Waals surface area (Å²) >= 11 is 1.53. The van der Waals surface area contributed by atoms with Crippen LogP contribution in [0.1, 0.15) is 49.6 Å². The van der Waals surface area contributed by atoms with E-state index < -0.39 is 0 Å². The predicted octanol–water partition coefficient (Wildman–Crippen LogP) is 3.83. The Labute approximate surface area is 168 Å². The van der Waals surface area contributed by atoms with Crippen molar-refractivity contribution in [1.82, 2.24) is 9.55 Å². The number of rotatable bonds is 6. The van der Waals surface area contributed by atoms with Crippen LogP contribution in [-0.2, 0) is 30.6 Å². The van der Waals surface area contributed by atoms with Crippen molar-refractivity contribution in [2.24, 2.45) is 5.73 Å². The molecule has 1 aromatic carbocycles. The summed E-state index contributed by atoms with van der Waals surface area (Å²) in [6.45, 7) is 2.46. The zero-order chi connectivity index (χ0) is 19.7. The Kier molecular flexibility index (Phi) is 5.31. The lowest BCUT2D eigenvalue weighted by molar-refractivity contribution is -0.118. The van der Waals surface area contributed by atoms with Crippen LogP contribution in [0.2, 0.25) is 0 Å². The van der Waals surface area contributed by atoms with E-state index in [1.54, 1.807) is 4.57 Å². The van der Waals surface area contributed by atoms with Crippen LogP contribution < -0.4 is 11.3 Å². The second-order valence-electron chi connectivity index (χ2n) is 7.43. The van der Waals surface area contributed by atoms with Gasteiger partial charge in [-0.2, -0.15) is 0 Å². The van der Waals surface area contributed by atoms with Crippen LogP contribution in [0.5, 0.6) is 0 Å². The number of hydrogen-bond donors (Lipinski definition) is 1. The average Bonchev–Trinajstić information content (AvgIpc) is 3.13. The van der Waals surface area contributed by atoms with Crippen molar-refractivity contribution in [2.45, 2.75) is 58.4 Å². The van der Waals surface area contributed by atoms with E-state index in [0.29, 0.717) is 24.8 Å². The van der Waals surface area contributed by atoms with Gasteiger partial charge in [0.2, 0.25) is 5.91 Å². The van der Waals surface area contributed by atoms with E-state index in [4.69, 9.17) is 10.7 Å². The molecule has 0 saturated heterocycles. The quantitative estimate of drug-likeness (QED) is 0.689. The number of nitrogens with two attached hydrogens (primary N) is 1. The zero-order valence-corrected chi connectivity index (χ0v) is 17.0. The summed E-state index contributed by atoms with van der Waals surface area (Å²) in [5.74, 6) is 0.422. The van der Waals surface area contributed by atoms with E-state index in [1.807, 2.05) is 6.92 Å². The number of amides is 1. The lowest BCUT2D eigenvalue weighted by Gasteiger charge is -2.16. The first-order valence-corrected chi connectivity index (χ1v) is 10.9. The minimum atomic E-state index is -0.342. The minimum absolute atomic E-state index is 0.0136. The summed E-state index contributed by atoms with van der Waals surface area (Å²) in [7, 11) is 0. The molecule has 0 atom stereocenters. The number of benzene rings is 1. The van der Waals surface area contributed by atoms with Gasteiger partial charge in [0.25, 0.3) is 5.56 Å². The number of aryl methyl sites for hydroxylation is 3. The van der Waals surface area contributed by atoms with Gasteiger partial charge in [-0.3, -0.25) is 14.2 Å². The van der Waals surface area contributed by atoms with E-state index in [0.717, 1.165) is 34.6 Å². The Bertz CT molecular complexity index is 1100. The largest absolute Gasteiger partial charge is 0.370 e. The Balaban J connectivity index is 1.80. The van der Waals surface area contributed by atoms with Gasteiger partial charge in [-0.25, -0.2) is 4.98 Å². The molecule has 0 aliphatic heterocycles. The van der Waals surface area contributed by atoms with Gasteiger partial charge in [0.1, 0.15) is 10.7 Å². The van der Waals surface area contributed by atoms with Gasteiger partial charge in [-0.1, -0.05) is 25.1 Å². The summed E-state index contributed by atoms with van der Waals surface area (Å²) in [6.07, 6.45) is 6.24. The Hall–Kier alpha value is -2.47. The number of nitrogens with zero attached hydrogens (tertiary/aromatic N) is 2. The first-order chi connectivity index (χ1) is 13.6. The molecular formula is C22H25N3O2S. The molecule has 0 unspecified atom stereocenters. The minimum Gasteiger partial charge on any atom is -0.370 e. The standard InChI is InChI=1S/C22H25N3O2S/c1-2-19-24-21-20(22(27)25(19)11-5-8-18(23)26)17(13-28-21)16-10-9-14-6-3-4-7-15(14)12-16/h9-10,12-13H,2-8,11H2,1H3,(H2,23,26). The number of aromatic nitrogens is 2. The van der Waals surface area contributed by atoms with Gasteiger partial charge in [0.05, 0.1) is 5.39 Å². The Morgan fingerprint density at radius 2 is 2.04 bits per heavy atom. The van der Waals surface area contributed by atoms with Gasteiger partial charge in [0, 0.05) is 30.3 Å². The molecule has 146 valence electrons. The van der Waals surface area contributed by atoms with Crippen molar-refractivity contribution in [1.29, 1.82) is 0 Å². The fourth-order valence-electron chi connectivity index (χ4n) is 4.09. The molecule has 6 heteroatoms. The lowest BCUT2D eigenvalue weighted by atomic mass is 9.89. The maximum Gasteiger partial charge on any atom is 0.262 e. The van der Waals surface area contributed by atoms with Crippen molar-refractivity contribution in [3.8, 4) is 11.1 Å². The Morgan fingerprint density at radius 1 is 1.25 bits per heavy atom. The van der Waals surface area contributed by atoms with Crippen LogP contribution in [-0.4, -0.2) is 15.5 Å². The number of fused-ring (bicyclic) bond motifs is 2. The molecule has 0 bridgehead atoms. The molecule has 5 nitrogen and oxygen atoms in total. The van der Waals surface area contributed by atoms with Crippen molar-refractivity contribution < 1.29 is 4.79 Å². The van der Waals surface area contributed by atoms with Crippen molar-refractivity contribution >= 4 is 27.5 Å². The lowest BCUT2D eigenvalue weighted by Crippen LogP contribution is -2.25.